The molecule has 0 aromatic heterocycles. The maximum absolute atomic E-state index is 12.8. The first kappa shape index (κ1) is 15.9. The molecule has 5 nitrogen and oxygen atoms in total. The molecule has 116 valence electrons. The predicted molar refractivity (Wildman–Crippen MR) is 75.3 cm³/mol. The third kappa shape index (κ3) is 2.24. The van der Waals surface area contributed by atoms with Gasteiger partial charge in [-0.3, -0.25) is 9.59 Å². The van der Waals surface area contributed by atoms with Crippen LogP contribution in [-0.4, -0.2) is 35.4 Å². The molecular formula is C16H22O5. The second-order valence-corrected chi connectivity index (χ2v) is 6.61. The van der Waals surface area contributed by atoms with Crippen LogP contribution in [0.25, 0.3) is 0 Å². The average Bonchev–Trinajstić information content (AvgIpc) is 2.42. The summed E-state index contributed by atoms with van der Waals surface area (Å²) in [5, 5.41) is 10.4. The molecule has 2 aliphatic rings. The van der Waals surface area contributed by atoms with E-state index in [9.17, 15) is 19.5 Å². The largest absolute Gasteiger partial charge is 0.467 e. The Kier molecular flexibility index (Phi) is 3.82. The zero-order chi connectivity index (χ0) is 16.0. The molecule has 21 heavy (non-hydrogen) atoms. The molecule has 0 aliphatic heterocycles. The molecule has 0 radical (unpaired) electrons. The number of rotatable bonds is 2. The summed E-state index contributed by atoms with van der Waals surface area (Å²) in [5.41, 5.74) is -2.58. The number of fused-ring (bicyclic) bond motifs is 1. The Morgan fingerprint density at radius 1 is 1.48 bits per heavy atom. The van der Waals surface area contributed by atoms with Crippen LogP contribution >= 0.6 is 0 Å². The van der Waals surface area contributed by atoms with Crippen molar-refractivity contribution < 1.29 is 24.2 Å². The summed E-state index contributed by atoms with van der Waals surface area (Å²) >= 11 is 0. The fraction of sp³-hybridized carbons (Fsp3) is 0.688. The van der Waals surface area contributed by atoms with Crippen molar-refractivity contribution in [2.75, 3.05) is 7.11 Å². The molecule has 0 spiro atoms. The number of carbonyl (C=O) groups excluding carboxylic acids is 3. The molecule has 1 saturated carbocycles. The Morgan fingerprint density at radius 2 is 2.10 bits per heavy atom. The summed E-state index contributed by atoms with van der Waals surface area (Å²) in [6, 6.07) is 0. The van der Waals surface area contributed by atoms with E-state index in [2.05, 4.69) is 4.74 Å². The maximum atomic E-state index is 12.8. The number of ether oxygens (including phenoxy) is 1. The number of methoxy groups -OCH3 is 1. The van der Waals surface area contributed by atoms with Gasteiger partial charge in [-0.05, 0) is 31.8 Å². The number of Topliss-reactive ketones (excluding diaryl/α,β-unsaturated/α-hetero) is 1. The smallest absolute Gasteiger partial charge is 0.338 e. The number of ketones is 2. The Bertz CT molecular complexity index is 519. The first-order valence-corrected chi connectivity index (χ1v) is 7.23. The summed E-state index contributed by atoms with van der Waals surface area (Å²) in [6.45, 7) is 5.01. The van der Waals surface area contributed by atoms with E-state index >= 15 is 0 Å². The van der Waals surface area contributed by atoms with Gasteiger partial charge in [-0.1, -0.05) is 19.9 Å². The fourth-order valence-electron chi connectivity index (χ4n) is 3.84. The van der Waals surface area contributed by atoms with Crippen molar-refractivity contribution >= 4 is 17.5 Å². The van der Waals surface area contributed by atoms with Crippen LogP contribution in [-0.2, 0) is 19.1 Å². The number of hydrogen-bond donors (Lipinski definition) is 1. The van der Waals surface area contributed by atoms with E-state index < -0.39 is 28.8 Å². The molecule has 0 aromatic rings. The van der Waals surface area contributed by atoms with Crippen molar-refractivity contribution in [3.05, 3.63) is 12.2 Å². The number of hydrogen-bond acceptors (Lipinski definition) is 5. The Hall–Kier alpha value is -1.49. The zero-order valence-corrected chi connectivity index (χ0v) is 12.9. The Balaban J connectivity index is 2.38. The minimum atomic E-state index is -1.85. The molecule has 5 atom stereocenters. The van der Waals surface area contributed by atoms with E-state index in [1.807, 2.05) is 6.92 Å². The molecule has 2 aliphatic carbocycles. The highest BCUT2D eigenvalue weighted by Crippen LogP contribution is 2.50. The second kappa shape index (κ2) is 5.05. The van der Waals surface area contributed by atoms with Crippen LogP contribution in [0.2, 0.25) is 0 Å². The van der Waals surface area contributed by atoms with Gasteiger partial charge in [0.05, 0.1) is 13.0 Å². The lowest BCUT2D eigenvalue weighted by molar-refractivity contribution is -0.175. The molecule has 0 aromatic carbocycles. The summed E-state index contributed by atoms with van der Waals surface area (Å²) in [7, 11) is 1.18. The van der Waals surface area contributed by atoms with Gasteiger partial charge in [-0.25, -0.2) is 4.79 Å². The second-order valence-electron chi connectivity index (χ2n) is 6.61. The number of aliphatic hydroxyl groups is 1. The van der Waals surface area contributed by atoms with E-state index in [-0.39, 0.29) is 17.5 Å². The molecule has 0 heterocycles. The first-order chi connectivity index (χ1) is 9.66. The lowest BCUT2D eigenvalue weighted by Gasteiger charge is -2.47. The van der Waals surface area contributed by atoms with Gasteiger partial charge in [-0.2, -0.15) is 0 Å². The Morgan fingerprint density at radius 3 is 2.67 bits per heavy atom. The number of allylic oxidation sites excluding steroid dienone is 2. The molecule has 0 saturated heterocycles. The van der Waals surface area contributed by atoms with Crippen molar-refractivity contribution in [1.29, 1.82) is 0 Å². The normalized spacial score (nSPS) is 38.6. The van der Waals surface area contributed by atoms with Crippen molar-refractivity contribution in [3.8, 4) is 0 Å². The molecule has 2 rings (SSSR count). The van der Waals surface area contributed by atoms with Crippen LogP contribution in [0.4, 0.5) is 0 Å². The average molecular weight is 294 g/mol. The minimum Gasteiger partial charge on any atom is -0.467 e. The van der Waals surface area contributed by atoms with E-state index in [4.69, 9.17) is 0 Å². The summed E-state index contributed by atoms with van der Waals surface area (Å²) in [6.07, 6.45) is 4.07. The number of carbonyl (C=O) groups is 3. The van der Waals surface area contributed by atoms with Gasteiger partial charge in [0.1, 0.15) is 5.78 Å². The van der Waals surface area contributed by atoms with Gasteiger partial charge in [0.2, 0.25) is 0 Å². The van der Waals surface area contributed by atoms with E-state index in [1.54, 1.807) is 19.1 Å². The summed E-state index contributed by atoms with van der Waals surface area (Å²) < 4.78 is 4.60. The van der Waals surface area contributed by atoms with Gasteiger partial charge < -0.3 is 9.84 Å². The van der Waals surface area contributed by atoms with Crippen molar-refractivity contribution in [2.24, 2.45) is 23.2 Å². The third-order valence-corrected chi connectivity index (χ3v) is 5.21. The molecule has 5 heteroatoms. The monoisotopic (exact) mass is 294 g/mol. The zero-order valence-electron chi connectivity index (χ0n) is 12.9. The first-order valence-electron chi connectivity index (χ1n) is 7.23. The van der Waals surface area contributed by atoms with Crippen molar-refractivity contribution in [3.63, 3.8) is 0 Å². The molecule has 0 amide bonds. The maximum Gasteiger partial charge on any atom is 0.338 e. The predicted octanol–water partition coefficient (Wildman–Crippen LogP) is 1.29. The highest BCUT2D eigenvalue weighted by molar-refractivity contribution is 6.03. The van der Waals surface area contributed by atoms with Crippen LogP contribution in [0.3, 0.4) is 0 Å². The Labute approximate surface area is 124 Å². The fourth-order valence-corrected chi connectivity index (χ4v) is 3.84. The topological polar surface area (TPSA) is 80.7 Å². The lowest BCUT2D eigenvalue weighted by Crippen LogP contribution is -2.57. The van der Waals surface area contributed by atoms with E-state index in [0.29, 0.717) is 12.8 Å². The van der Waals surface area contributed by atoms with Gasteiger partial charge in [0, 0.05) is 11.3 Å². The van der Waals surface area contributed by atoms with Crippen LogP contribution in [0.15, 0.2) is 12.2 Å². The van der Waals surface area contributed by atoms with Gasteiger partial charge >= 0.3 is 5.97 Å². The van der Waals surface area contributed by atoms with Crippen LogP contribution in [0.5, 0.6) is 0 Å². The minimum absolute atomic E-state index is 0.0462. The standard InChI is InChI=1S/C16H22O5/c1-9-5-6-11(17)15(2)8-7-10(13(18)12(9)15)16(3,20)14(19)21-4/h5-6,9-10,12,20H,7-8H2,1-4H3/t9-,10+,12-,15+,16-/m0/s1. The van der Waals surface area contributed by atoms with Crippen molar-refractivity contribution in [2.45, 2.75) is 39.2 Å². The van der Waals surface area contributed by atoms with Crippen LogP contribution in [0.1, 0.15) is 33.6 Å². The quantitative estimate of drug-likeness (QED) is 0.776. The van der Waals surface area contributed by atoms with Gasteiger partial charge in [-0.15, -0.1) is 0 Å². The molecular weight excluding hydrogens is 272 g/mol. The number of esters is 1. The highest BCUT2D eigenvalue weighted by atomic mass is 16.5. The van der Waals surface area contributed by atoms with Gasteiger partial charge in [0.15, 0.2) is 11.4 Å². The van der Waals surface area contributed by atoms with Gasteiger partial charge in [0.25, 0.3) is 0 Å². The molecule has 1 N–H and O–H groups in total. The van der Waals surface area contributed by atoms with Crippen LogP contribution in [0, 0.1) is 23.2 Å². The third-order valence-electron chi connectivity index (χ3n) is 5.21. The highest BCUT2D eigenvalue weighted by Gasteiger charge is 2.57. The molecule has 0 unspecified atom stereocenters. The summed E-state index contributed by atoms with van der Waals surface area (Å²) in [4.78, 5) is 36.8. The van der Waals surface area contributed by atoms with Crippen LogP contribution < -0.4 is 0 Å². The van der Waals surface area contributed by atoms with Crippen molar-refractivity contribution in [1.82, 2.24) is 0 Å². The molecule has 1 fully saturated rings. The molecule has 0 bridgehead atoms. The summed E-state index contributed by atoms with van der Waals surface area (Å²) in [5.74, 6) is -2.49. The van der Waals surface area contributed by atoms with E-state index in [1.165, 1.54) is 14.0 Å². The van der Waals surface area contributed by atoms with E-state index in [0.717, 1.165) is 0 Å². The lowest BCUT2D eigenvalue weighted by atomic mass is 9.54. The SMILES string of the molecule is COC(=O)[C@@](C)(O)[C@@H]1CC[C@]2(C)C(=O)C=C[C@H](C)[C@H]2C1=O.